The maximum atomic E-state index is 12.9. The maximum absolute atomic E-state index is 12.9. The normalized spacial score (nSPS) is 14.5. The van der Waals surface area contributed by atoms with Gasteiger partial charge >= 0.3 is 0 Å². The number of rotatable bonds is 9. The molecule has 4 rings (SSSR count). The quantitative estimate of drug-likeness (QED) is 0.528. The fourth-order valence-corrected chi connectivity index (χ4v) is 4.02. The van der Waals surface area contributed by atoms with Crippen LogP contribution in [0.4, 0.5) is 11.5 Å². The second-order valence-electron chi connectivity index (χ2n) is 8.42. The van der Waals surface area contributed by atoms with Crippen molar-refractivity contribution < 1.29 is 9.53 Å². The Bertz CT molecular complexity index is 1110. The molecule has 0 saturated carbocycles. The number of carbonyl (C=O) groups is 1. The van der Waals surface area contributed by atoms with Gasteiger partial charge in [-0.25, -0.2) is 4.98 Å². The monoisotopic (exact) mass is 461 g/mol. The highest BCUT2D eigenvalue weighted by Crippen LogP contribution is 2.15. The highest BCUT2D eigenvalue weighted by atomic mass is 16.5. The lowest BCUT2D eigenvalue weighted by molar-refractivity contribution is -0.118. The highest BCUT2D eigenvalue weighted by molar-refractivity contribution is 5.92. The molecule has 0 radical (unpaired) electrons. The van der Waals surface area contributed by atoms with Gasteiger partial charge < -0.3 is 19.5 Å². The van der Waals surface area contributed by atoms with E-state index in [9.17, 15) is 9.59 Å². The summed E-state index contributed by atoms with van der Waals surface area (Å²) < 4.78 is 7.20. The molecule has 1 aliphatic rings. The Hall–Kier alpha value is -3.65. The number of amides is 1. The molecule has 0 bridgehead atoms. The number of benzene rings is 2. The van der Waals surface area contributed by atoms with E-state index in [4.69, 9.17) is 4.74 Å². The van der Waals surface area contributed by atoms with E-state index in [2.05, 4.69) is 15.2 Å². The number of carbonyl (C=O) groups excluding carboxylic acids is 1. The van der Waals surface area contributed by atoms with Gasteiger partial charge in [0.15, 0.2) is 5.82 Å². The van der Waals surface area contributed by atoms with Crippen LogP contribution in [-0.4, -0.2) is 59.7 Å². The van der Waals surface area contributed by atoms with Crippen LogP contribution in [0.15, 0.2) is 77.9 Å². The number of nitrogens with one attached hydrogen (secondary N) is 1. The van der Waals surface area contributed by atoms with Gasteiger partial charge in [-0.3, -0.25) is 14.5 Å². The summed E-state index contributed by atoms with van der Waals surface area (Å²) in [6.45, 7) is 3.34. The van der Waals surface area contributed by atoms with Crippen molar-refractivity contribution in [3.8, 4) is 5.75 Å². The predicted octanol–water partition coefficient (Wildman–Crippen LogP) is 2.86. The SMILES string of the molecule is CN(C(=O)Cn1ccnc(NC2CCN(CCOc3ccccc3)CC2)c1=O)c1ccccc1. The molecular formula is C26H31N5O3. The summed E-state index contributed by atoms with van der Waals surface area (Å²) in [5.74, 6) is 1.01. The molecule has 0 spiro atoms. The molecule has 1 aromatic heterocycles. The van der Waals surface area contributed by atoms with Crippen molar-refractivity contribution >= 4 is 17.4 Å². The first-order chi connectivity index (χ1) is 16.6. The van der Waals surface area contributed by atoms with Crippen molar-refractivity contribution in [3.05, 3.63) is 83.4 Å². The van der Waals surface area contributed by atoms with Crippen LogP contribution in [0.1, 0.15) is 12.8 Å². The summed E-state index contributed by atoms with van der Waals surface area (Å²) in [4.78, 5) is 33.8. The van der Waals surface area contributed by atoms with Crippen LogP contribution >= 0.6 is 0 Å². The summed E-state index contributed by atoms with van der Waals surface area (Å²) in [7, 11) is 1.71. The lowest BCUT2D eigenvalue weighted by Gasteiger charge is -2.32. The molecule has 0 atom stereocenters. The number of anilines is 2. The Morgan fingerprint density at radius 2 is 1.76 bits per heavy atom. The van der Waals surface area contributed by atoms with Gasteiger partial charge in [-0.15, -0.1) is 0 Å². The molecule has 0 unspecified atom stereocenters. The van der Waals surface area contributed by atoms with E-state index in [0.717, 1.165) is 43.9 Å². The molecule has 2 aromatic carbocycles. The van der Waals surface area contributed by atoms with E-state index >= 15 is 0 Å². The number of para-hydroxylation sites is 2. The Morgan fingerprint density at radius 3 is 2.47 bits per heavy atom. The fraction of sp³-hybridized carbons (Fsp3) is 0.346. The minimum atomic E-state index is -0.281. The molecule has 178 valence electrons. The van der Waals surface area contributed by atoms with Crippen LogP contribution in [0, 0.1) is 0 Å². The minimum absolute atomic E-state index is 0.0404. The zero-order valence-electron chi connectivity index (χ0n) is 19.5. The first-order valence-corrected chi connectivity index (χ1v) is 11.6. The average molecular weight is 462 g/mol. The van der Waals surface area contributed by atoms with Crippen molar-refractivity contribution in [2.24, 2.45) is 0 Å². The fourth-order valence-electron chi connectivity index (χ4n) is 4.02. The third-order valence-electron chi connectivity index (χ3n) is 6.08. The minimum Gasteiger partial charge on any atom is -0.492 e. The number of aromatic nitrogens is 2. The Kier molecular flexibility index (Phi) is 7.93. The van der Waals surface area contributed by atoms with Crippen LogP contribution in [0.3, 0.4) is 0 Å². The van der Waals surface area contributed by atoms with Crippen molar-refractivity contribution in [3.63, 3.8) is 0 Å². The van der Waals surface area contributed by atoms with Crippen molar-refractivity contribution in [1.29, 1.82) is 0 Å². The first-order valence-electron chi connectivity index (χ1n) is 11.6. The second-order valence-corrected chi connectivity index (χ2v) is 8.42. The van der Waals surface area contributed by atoms with E-state index in [1.54, 1.807) is 24.3 Å². The molecule has 8 heteroatoms. The number of nitrogens with zero attached hydrogens (tertiary/aromatic N) is 4. The molecule has 2 heterocycles. The van der Waals surface area contributed by atoms with Crippen LogP contribution in [0.2, 0.25) is 0 Å². The van der Waals surface area contributed by atoms with E-state index in [-0.39, 0.29) is 24.1 Å². The molecule has 0 aliphatic carbocycles. The van der Waals surface area contributed by atoms with E-state index in [1.807, 2.05) is 60.7 Å². The lowest BCUT2D eigenvalue weighted by Crippen LogP contribution is -2.42. The molecule has 1 N–H and O–H groups in total. The van der Waals surface area contributed by atoms with Gasteiger partial charge in [0, 0.05) is 50.8 Å². The van der Waals surface area contributed by atoms with E-state index in [1.165, 1.54) is 4.57 Å². The third-order valence-corrected chi connectivity index (χ3v) is 6.08. The topological polar surface area (TPSA) is 79.7 Å². The van der Waals surface area contributed by atoms with Crippen molar-refractivity contribution in [2.75, 3.05) is 43.5 Å². The van der Waals surface area contributed by atoms with Gasteiger partial charge in [-0.05, 0) is 37.1 Å². The van der Waals surface area contributed by atoms with Crippen LogP contribution in [0.25, 0.3) is 0 Å². The van der Waals surface area contributed by atoms with E-state index < -0.39 is 0 Å². The standard InChI is InChI=1S/C26H31N5O3/c1-29(22-8-4-2-5-9-22)24(32)20-31-17-14-27-25(26(31)33)28-21-12-15-30(16-13-21)18-19-34-23-10-6-3-7-11-23/h2-11,14,17,21H,12-13,15-16,18-20H2,1H3,(H,27,28). The van der Waals surface area contributed by atoms with Gasteiger partial charge in [0.25, 0.3) is 5.56 Å². The zero-order valence-corrected chi connectivity index (χ0v) is 19.5. The number of piperidine rings is 1. The Balaban J connectivity index is 1.26. The highest BCUT2D eigenvalue weighted by Gasteiger charge is 2.21. The van der Waals surface area contributed by atoms with Crippen LogP contribution in [-0.2, 0) is 11.3 Å². The van der Waals surface area contributed by atoms with Gasteiger partial charge in [0.2, 0.25) is 5.91 Å². The van der Waals surface area contributed by atoms with Crippen LogP contribution in [0.5, 0.6) is 5.75 Å². The summed E-state index contributed by atoms with van der Waals surface area (Å²) in [5, 5.41) is 3.30. The Morgan fingerprint density at radius 1 is 1.09 bits per heavy atom. The lowest BCUT2D eigenvalue weighted by atomic mass is 10.1. The predicted molar refractivity (Wildman–Crippen MR) is 133 cm³/mol. The Labute approximate surface area is 199 Å². The van der Waals surface area contributed by atoms with Crippen molar-refractivity contribution in [1.82, 2.24) is 14.5 Å². The summed E-state index contributed by atoms with van der Waals surface area (Å²) in [6.07, 6.45) is 4.95. The maximum Gasteiger partial charge on any atom is 0.293 e. The molecule has 1 aliphatic heterocycles. The smallest absolute Gasteiger partial charge is 0.293 e. The molecule has 34 heavy (non-hydrogen) atoms. The molecule has 1 fully saturated rings. The summed E-state index contributed by atoms with van der Waals surface area (Å²) in [6, 6.07) is 19.4. The summed E-state index contributed by atoms with van der Waals surface area (Å²) in [5.41, 5.74) is 0.505. The molecule has 3 aromatic rings. The molecule has 8 nitrogen and oxygen atoms in total. The number of hydrogen-bond acceptors (Lipinski definition) is 6. The molecule has 1 saturated heterocycles. The van der Waals surface area contributed by atoms with Crippen molar-refractivity contribution in [2.45, 2.75) is 25.4 Å². The summed E-state index contributed by atoms with van der Waals surface area (Å²) >= 11 is 0. The number of likely N-dealkylation sites (N-methyl/N-ethyl adjacent to an activating group) is 1. The van der Waals surface area contributed by atoms with Gasteiger partial charge in [0.1, 0.15) is 18.9 Å². The van der Waals surface area contributed by atoms with Gasteiger partial charge in [-0.2, -0.15) is 0 Å². The third kappa shape index (κ3) is 6.23. The average Bonchev–Trinajstić information content (AvgIpc) is 2.88. The second kappa shape index (κ2) is 11.5. The van der Waals surface area contributed by atoms with Crippen LogP contribution < -0.4 is 20.5 Å². The van der Waals surface area contributed by atoms with Gasteiger partial charge in [-0.1, -0.05) is 36.4 Å². The number of ether oxygens (including phenoxy) is 1. The molecule has 1 amide bonds. The zero-order chi connectivity index (χ0) is 23.8. The number of likely N-dealkylation sites (tertiary alicyclic amines) is 1. The largest absolute Gasteiger partial charge is 0.492 e. The first kappa shape index (κ1) is 23.5. The van der Waals surface area contributed by atoms with Gasteiger partial charge in [0.05, 0.1) is 0 Å². The van der Waals surface area contributed by atoms with E-state index in [0.29, 0.717) is 12.4 Å². The molecular weight excluding hydrogens is 430 g/mol. The number of hydrogen-bond donors (Lipinski definition) is 1.